The van der Waals surface area contributed by atoms with Gasteiger partial charge in [-0.05, 0) is 42.7 Å². The Morgan fingerprint density at radius 1 is 1.08 bits per heavy atom. The van der Waals surface area contributed by atoms with Gasteiger partial charge >= 0.3 is 6.03 Å². The summed E-state index contributed by atoms with van der Waals surface area (Å²) in [6.07, 6.45) is 11.7. The summed E-state index contributed by atoms with van der Waals surface area (Å²) in [7, 11) is 0. The van der Waals surface area contributed by atoms with Crippen molar-refractivity contribution < 1.29 is 4.79 Å². The molecule has 2 aromatic rings. The number of nitrogens with zero attached hydrogens (tertiary/aromatic N) is 3. The second-order valence-corrected chi connectivity index (χ2v) is 6.79. The Bertz CT molecular complexity index is 690. The fourth-order valence-corrected chi connectivity index (χ4v) is 4.00. The molecule has 1 saturated carbocycles. The summed E-state index contributed by atoms with van der Waals surface area (Å²) in [4.78, 5) is 19.1. The smallest absolute Gasteiger partial charge is 0.318 e. The predicted octanol–water partition coefficient (Wildman–Crippen LogP) is 3.33. The molecule has 4 rings (SSSR count). The van der Waals surface area contributed by atoms with Crippen molar-refractivity contribution in [2.75, 3.05) is 6.54 Å². The highest BCUT2D eigenvalue weighted by atomic mass is 16.2. The lowest BCUT2D eigenvalue weighted by Gasteiger charge is -2.38. The topological polar surface area (TPSA) is 50.2 Å². The molecule has 126 valence electrons. The van der Waals surface area contributed by atoms with Gasteiger partial charge < -0.3 is 14.8 Å². The van der Waals surface area contributed by atoms with Crippen molar-refractivity contribution in [1.82, 2.24) is 19.8 Å². The highest BCUT2D eigenvalue weighted by Crippen LogP contribution is 2.32. The minimum absolute atomic E-state index is 0.0414. The number of fused-ring (bicyclic) bond motifs is 1. The molecule has 0 bridgehead atoms. The molecule has 2 amide bonds. The van der Waals surface area contributed by atoms with Crippen LogP contribution in [0.4, 0.5) is 4.79 Å². The van der Waals surface area contributed by atoms with Crippen LogP contribution in [0.3, 0.4) is 0 Å². The third-order valence-corrected chi connectivity index (χ3v) is 5.25. The first kappa shape index (κ1) is 15.2. The van der Waals surface area contributed by atoms with Crippen molar-refractivity contribution in [3.63, 3.8) is 0 Å². The lowest BCUT2D eigenvalue weighted by molar-refractivity contribution is 0.162. The Kier molecular flexibility index (Phi) is 4.24. The molecule has 0 spiro atoms. The van der Waals surface area contributed by atoms with Crippen LogP contribution in [-0.4, -0.2) is 33.1 Å². The van der Waals surface area contributed by atoms with Crippen LogP contribution < -0.4 is 5.32 Å². The molecule has 0 saturated heterocycles. The van der Waals surface area contributed by atoms with E-state index in [1.54, 1.807) is 12.4 Å². The van der Waals surface area contributed by atoms with Crippen LogP contribution in [0.15, 0.2) is 42.9 Å². The molecule has 5 heteroatoms. The van der Waals surface area contributed by atoms with Gasteiger partial charge in [-0.3, -0.25) is 4.98 Å². The minimum atomic E-state index is -0.0414. The zero-order valence-electron chi connectivity index (χ0n) is 13.9. The van der Waals surface area contributed by atoms with Crippen molar-refractivity contribution in [2.45, 2.75) is 50.7 Å². The maximum Gasteiger partial charge on any atom is 0.318 e. The van der Waals surface area contributed by atoms with Crippen LogP contribution in [0, 0.1) is 0 Å². The van der Waals surface area contributed by atoms with E-state index >= 15 is 0 Å². The Balaban J connectivity index is 1.60. The van der Waals surface area contributed by atoms with E-state index in [2.05, 4.69) is 33.2 Å². The minimum Gasteiger partial charge on any atom is -0.348 e. The van der Waals surface area contributed by atoms with E-state index < -0.39 is 0 Å². The lowest BCUT2D eigenvalue weighted by atomic mass is 9.95. The summed E-state index contributed by atoms with van der Waals surface area (Å²) in [6, 6.07) is 8.55. The third-order valence-electron chi connectivity index (χ3n) is 5.25. The molecule has 2 aromatic heterocycles. The summed E-state index contributed by atoms with van der Waals surface area (Å²) in [5.41, 5.74) is 2.29. The van der Waals surface area contributed by atoms with Gasteiger partial charge in [-0.1, -0.05) is 19.3 Å². The van der Waals surface area contributed by atoms with Gasteiger partial charge in [-0.25, -0.2) is 4.79 Å². The van der Waals surface area contributed by atoms with Gasteiger partial charge in [-0.15, -0.1) is 0 Å². The van der Waals surface area contributed by atoms with Gasteiger partial charge in [0.15, 0.2) is 0 Å². The molecule has 3 heterocycles. The first-order valence-corrected chi connectivity index (χ1v) is 8.95. The van der Waals surface area contributed by atoms with E-state index in [0.717, 1.165) is 31.5 Å². The van der Waals surface area contributed by atoms with Crippen LogP contribution in [0.1, 0.15) is 49.4 Å². The first-order valence-electron chi connectivity index (χ1n) is 8.95. The summed E-state index contributed by atoms with van der Waals surface area (Å²) in [5.74, 6) is 0. The van der Waals surface area contributed by atoms with Crippen molar-refractivity contribution in [3.05, 3.63) is 54.1 Å². The maximum atomic E-state index is 13.0. The first-order chi connectivity index (χ1) is 11.8. The number of pyridine rings is 1. The van der Waals surface area contributed by atoms with Crippen LogP contribution in [0.5, 0.6) is 0 Å². The Morgan fingerprint density at radius 2 is 1.88 bits per heavy atom. The van der Waals surface area contributed by atoms with E-state index in [1.165, 1.54) is 25.0 Å². The third kappa shape index (κ3) is 2.90. The standard InChI is InChI=1S/C19H24N4O/c24-19(21-16-5-2-1-3-6-16)23-14-13-22-12-4-7-17(22)18(23)15-8-10-20-11-9-15/h4,7-12,16,18H,1-3,5-6,13-14H2,(H,21,24). The molecule has 0 aromatic carbocycles. The van der Waals surface area contributed by atoms with Crippen molar-refractivity contribution in [1.29, 1.82) is 0 Å². The molecule has 1 atom stereocenters. The fourth-order valence-electron chi connectivity index (χ4n) is 4.00. The number of aromatic nitrogens is 2. The van der Waals surface area contributed by atoms with Crippen LogP contribution in [0.25, 0.3) is 0 Å². The molecule has 1 aliphatic carbocycles. The van der Waals surface area contributed by atoms with E-state index in [4.69, 9.17) is 0 Å². The Labute approximate surface area is 142 Å². The number of rotatable bonds is 2. The molecule has 1 aliphatic heterocycles. The van der Waals surface area contributed by atoms with Gasteiger partial charge in [0.25, 0.3) is 0 Å². The second-order valence-electron chi connectivity index (χ2n) is 6.79. The average molecular weight is 324 g/mol. The van der Waals surface area contributed by atoms with Crippen LogP contribution >= 0.6 is 0 Å². The summed E-state index contributed by atoms with van der Waals surface area (Å²) >= 11 is 0. The molecule has 2 aliphatic rings. The molecular formula is C19H24N4O. The van der Waals surface area contributed by atoms with E-state index in [1.807, 2.05) is 17.0 Å². The molecule has 0 radical (unpaired) electrons. The number of hydrogen-bond donors (Lipinski definition) is 1. The van der Waals surface area contributed by atoms with Crippen LogP contribution in [0.2, 0.25) is 0 Å². The quantitative estimate of drug-likeness (QED) is 0.921. The molecule has 1 N–H and O–H groups in total. The number of carbonyl (C=O) groups is 1. The highest BCUT2D eigenvalue weighted by molar-refractivity contribution is 5.76. The zero-order chi connectivity index (χ0) is 16.4. The number of carbonyl (C=O) groups excluding carboxylic acids is 1. The maximum absolute atomic E-state index is 13.0. The number of nitrogens with one attached hydrogen (secondary N) is 1. The molecule has 1 fully saturated rings. The summed E-state index contributed by atoms with van der Waals surface area (Å²) in [5, 5.41) is 3.27. The van der Waals surface area contributed by atoms with E-state index in [9.17, 15) is 4.79 Å². The van der Waals surface area contributed by atoms with E-state index in [-0.39, 0.29) is 12.1 Å². The lowest BCUT2D eigenvalue weighted by Crippen LogP contribution is -2.50. The van der Waals surface area contributed by atoms with Gasteiger partial charge in [-0.2, -0.15) is 0 Å². The average Bonchev–Trinajstić information content (AvgIpc) is 3.11. The predicted molar refractivity (Wildman–Crippen MR) is 92.6 cm³/mol. The van der Waals surface area contributed by atoms with Gasteiger partial charge in [0.2, 0.25) is 0 Å². The van der Waals surface area contributed by atoms with Crippen molar-refractivity contribution in [2.24, 2.45) is 0 Å². The number of hydrogen-bond acceptors (Lipinski definition) is 2. The van der Waals surface area contributed by atoms with Crippen LogP contribution in [-0.2, 0) is 6.54 Å². The summed E-state index contributed by atoms with van der Waals surface area (Å²) in [6.45, 7) is 1.58. The van der Waals surface area contributed by atoms with Gasteiger partial charge in [0.05, 0.1) is 6.04 Å². The van der Waals surface area contributed by atoms with Crippen molar-refractivity contribution >= 4 is 6.03 Å². The zero-order valence-corrected chi connectivity index (χ0v) is 13.9. The van der Waals surface area contributed by atoms with Gasteiger partial charge in [0.1, 0.15) is 0 Å². The summed E-state index contributed by atoms with van der Waals surface area (Å²) < 4.78 is 2.25. The largest absolute Gasteiger partial charge is 0.348 e. The monoisotopic (exact) mass is 324 g/mol. The highest BCUT2D eigenvalue weighted by Gasteiger charge is 2.33. The SMILES string of the molecule is O=C(NC1CCCCC1)N1CCn2cccc2C1c1ccncc1. The molecule has 24 heavy (non-hydrogen) atoms. The molecule has 5 nitrogen and oxygen atoms in total. The van der Waals surface area contributed by atoms with Crippen molar-refractivity contribution in [3.8, 4) is 0 Å². The Hall–Kier alpha value is -2.30. The number of amides is 2. The van der Waals surface area contributed by atoms with Gasteiger partial charge in [0, 0.05) is 43.4 Å². The van der Waals surface area contributed by atoms with E-state index in [0.29, 0.717) is 6.04 Å². The molecular weight excluding hydrogens is 300 g/mol. The normalized spacial score (nSPS) is 21.3. The second kappa shape index (κ2) is 6.67. The fraction of sp³-hybridized carbons (Fsp3) is 0.474. The molecule has 1 unspecified atom stereocenters. The number of urea groups is 1. The Morgan fingerprint density at radius 3 is 2.67 bits per heavy atom.